The van der Waals surface area contributed by atoms with Gasteiger partial charge in [0.1, 0.15) is 5.92 Å². The molecule has 2 heterocycles. The van der Waals surface area contributed by atoms with Crippen LogP contribution in [0.3, 0.4) is 0 Å². The zero-order chi connectivity index (χ0) is 25.3. The molecule has 1 aromatic carbocycles. The molecule has 2 aromatic rings. The quantitative estimate of drug-likeness (QED) is 0.476. The molecular formula is C26H27NO7S. The number of Topliss-reactive ketones (excluding diaryl/α,β-unsaturated/α-hetero) is 1. The third kappa shape index (κ3) is 4.20. The second-order valence-electron chi connectivity index (χ2n) is 8.29. The normalized spacial score (nSPS) is 21.7. The van der Waals surface area contributed by atoms with Gasteiger partial charge in [0.25, 0.3) is 0 Å². The van der Waals surface area contributed by atoms with Gasteiger partial charge in [-0.3, -0.25) is 9.59 Å². The maximum absolute atomic E-state index is 14.1. The average Bonchev–Trinajstić information content (AvgIpc) is 3.41. The van der Waals surface area contributed by atoms with Gasteiger partial charge in [-0.25, -0.2) is 4.79 Å². The molecule has 0 amide bonds. The van der Waals surface area contributed by atoms with E-state index in [2.05, 4.69) is 5.32 Å². The largest absolute Gasteiger partial charge is 0.493 e. The van der Waals surface area contributed by atoms with Crippen molar-refractivity contribution in [1.29, 1.82) is 0 Å². The van der Waals surface area contributed by atoms with Crippen LogP contribution in [0, 0.1) is 5.92 Å². The van der Waals surface area contributed by atoms with E-state index in [9.17, 15) is 14.4 Å². The molecule has 1 aliphatic carbocycles. The van der Waals surface area contributed by atoms with Crippen LogP contribution in [0.1, 0.15) is 35.6 Å². The number of ether oxygens (including phenoxy) is 4. The summed E-state index contributed by atoms with van der Waals surface area (Å²) in [7, 11) is 5.62. The summed E-state index contributed by atoms with van der Waals surface area (Å²) in [5, 5.41) is 5.18. The summed E-state index contributed by atoms with van der Waals surface area (Å²) in [5.41, 5.74) is 2.56. The zero-order valence-corrected chi connectivity index (χ0v) is 21.0. The van der Waals surface area contributed by atoms with Crippen molar-refractivity contribution in [2.45, 2.75) is 25.2 Å². The number of ketones is 1. The van der Waals surface area contributed by atoms with Crippen LogP contribution in [0.2, 0.25) is 0 Å². The van der Waals surface area contributed by atoms with Gasteiger partial charge in [0.05, 0.1) is 34.0 Å². The van der Waals surface area contributed by atoms with Crippen LogP contribution < -0.4 is 14.8 Å². The highest BCUT2D eigenvalue weighted by Gasteiger charge is 2.49. The molecule has 1 N–H and O–H groups in total. The summed E-state index contributed by atoms with van der Waals surface area (Å²) in [6.07, 6.45) is 0.414. The number of esters is 2. The number of allylic oxidation sites excluding steroid dienone is 3. The second kappa shape index (κ2) is 9.95. The Labute approximate surface area is 207 Å². The highest BCUT2D eigenvalue weighted by Crippen LogP contribution is 2.49. The minimum Gasteiger partial charge on any atom is -0.493 e. The Morgan fingerprint density at radius 1 is 1.03 bits per heavy atom. The Morgan fingerprint density at radius 2 is 1.77 bits per heavy atom. The molecule has 2 aliphatic rings. The molecule has 184 valence electrons. The monoisotopic (exact) mass is 497 g/mol. The van der Waals surface area contributed by atoms with Gasteiger partial charge in [-0.05, 0) is 42.5 Å². The van der Waals surface area contributed by atoms with Crippen LogP contribution in [0.25, 0.3) is 0 Å². The molecular weight excluding hydrogens is 470 g/mol. The molecule has 0 unspecified atom stereocenters. The summed E-state index contributed by atoms with van der Waals surface area (Å²) >= 11 is 1.49. The smallest absolute Gasteiger partial charge is 0.336 e. The van der Waals surface area contributed by atoms with Gasteiger partial charge in [-0.15, -0.1) is 11.3 Å². The number of carbonyl (C=O) groups excluding carboxylic acids is 3. The van der Waals surface area contributed by atoms with Crippen molar-refractivity contribution in [3.63, 3.8) is 0 Å². The summed E-state index contributed by atoms with van der Waals surface area (Å²) in [4.78, 5) is 40.8. The van der Waals surface area contributed by atoms with E-state index in [1.165, 1.54) is 39.8 Å². The summed E-state index contributed by atoms with van der Waals surface area (Å²) < 4.78 is 21.0. The summed E-state index contributed by atoms with van der Waals surface area (Å²) in [6, 6.07) is 9.05. The Kier molecular flexibility index (Phi) is 6.98. The summed E-state index contributed by atoms with van der Waals surface area (Å²) in [6.45, 7) is 1.78. The van der Waals surface area contributed by atoms with Crippen molar-refractivity contribution in [3.8, 4) is 11.5 Å². The fraction of sp³-hybridized carbons (Fsp3) is 0.346. The minimum absolute atomic E-state index is 0.296. The first-order valence-corrected chi connectivity index (χ1v) is 11.9. The van der Waals surface area contributed by atoms with Gasteiger partial charge in [0.2, 0.25) is 0 Å². The molecule has 35 heavy (non-hydrogen) atoms. The third-order valence-electron chi connectivity index (χ3n) is 6.53. The first kappa shape index (κ1) is 24.5. The average molecular weight is 498 g/mol. The number of dihydropyridines is 1. The van der Waals surface area contributed by atoms with Crippen LogP contribution in [-0.2, 0) is 23.9 Å². The van der Waals surface area contributed by atoms with Crippen LogP contribution >= 0.6 is 11.3 Å². The molecule has 0 fully saturated rings. The predicted molar refractivity (Wildman–Crippen MR) is 129 cm³/mol. The van der Waals surface area contributed by atoms with Gasteiger partial charge < -0.3 is 24.3 Å². The van der Waals surface area contributed by atoms with Crippen LogP contribution in [0.4, 0.5) is 0 Å². The Bertz CT molecular complexity index is 1230. The molecule has 0 saturated carbocycles. The van der Waals surface area contributed by atoms with Crippen LogP contribution in [0.15, 0.2) is 58.3 Å². The molecule has 0 bridgehead atoms. The molecule has 3 atom stereocenters. The topological polar surface area (TPSA) is 100 Å². The highest BCUT2D eigenvalue weighted by atomic mass is 32.1. The van der Waals surface area contributed by atoms with Gasteiger partial charge in [0, 0.05) is 33.7 Å². The van der Waals surface area contributed by atoms with Crippen molar-refractivity contribution < 1.29 is 33.3 Å². The Hall–Kier alpha value is -3.59. The van der Waals surface area contributed by atoms with Crippen molar-refractivity contribution in [3.05, 3.63) is 68.7 Å². The van der Waals surface area contributed by atoms with E-state index in [1.807, 2.05) is 17.5 Å². The van der Waals surface area contributed by atoms with Crippen LogP contribution in [-0.4, -0.2) is 46.2 Å². The standard InChI is InChI=1S/C26H27NO7S/c1-13-20(25(29)33-4)21(14-8-9-17(31-2)18(11-14)32-3)23-16(27-13)12-15(19-7-6-10-35-19)22(24(23)28)26(30)34-5/h6-11,15,21-22,27H,12H2,1-5H3/t15-,21-,22-/m0/s1. The van der Waals surface area contributed by atoms with Gasteiger partial charge in [-0.2, -0.15) is 0 Å². The SMILES string of the molecule is COC(=O)C1=C(C)NC2=C(C(=O)[C@@H](C(=O)OC)[C@H](c3cccs3)C2)[C@H]1c1ccc(OC)c(OC)c1. The van der Waals surface area contributed by atoms with E-state index in [0.717, 1.165) is 4.88 Å². The minimum atomic E-state index is -1.03. The van der Waals surface area contributed by atoms with Crippen LogP contribution in [0.5, 0.6) is 11.5 Å². The number of benzene rings is 1. The lowest BCUT2D eigenvalue weighted by atomic mass is 9.68. The van der Waals surface area contributed by atoms with E-state index < -0.39 is 23.8 Å². The van der Waals surface area contributed by atoms with Gasteiger partial charge in [0.15, 0.2) is 17.3 Å². The molecule has 1 aromatic heterocycles. The van der Waals surface area contributed by atoms with Crippen molar-refractivity contribution in [2.24, 2.45) is 5.92 Å². The molecule has 0 saturated heterocycles. The van der Waals surface area contributed by atoms with Crippen molar-refractivity contribution in [1.82, 2.24) is 5.32 Å². The maximum Gasteiger partial charge on any atom is 0.336 e. The lowest BCUT2D eigenvalue weighted by molar-refractivity contribution is -0.149. The predicted octanol–water partition coefficient (Wildman–Crippen LogP) is 3.70. The Balaban J connectivity index is 1.93. The number of hydrogen-bond donors (Lipinski definition) is 1. The van der Waals surface area contributed by atoms with E-state index in [1.54, 1.807) is 25.1 Å². The number of rotatable bonds is 6. The third-order valence-corrected chi connectivity index (χ3v) is 7.53. The number of hydrogen-bond acceptors (Lipinski definition) is 9. The summed E-state index contributed by atoms with van der Waals surface area (Å²) in [5.74, 6) is -2.74. The number of nitrogens with one attached hydrogen (secondary N) is 1. The molecule has 4 rings (SSSR count). The number of carbonyl (C=O) groups is 3. The number of thiophene rings is 1. The van der Waals surface area contributed by atoms with E-state index in [-0.39, 0.29) is 11.7 Å². The lowest BCUT2D eigenvalue weighted by Gasteiger charge is -2.39. The van der Waals surface area contributed by atoms with E-state index in [4.69, 9.17) is 18.9 Å². The molecule has 0 spiro atoms. The lowest BCUT2D eigenvalue weighted by Crippen LogP contribution is -2.43. The van der Waals surface area contributed by atoms with Gasteiger partial charge in [-0.1, -0.05) is 12.1 Å². The van der Waals surface area contributed by atoms with Crippen molar-refractivity contribution in [2.75, 3.05) is 28.4 Å². The number of methoxy groups -OCH3 is 4. The fourth-order valence-electron chi connectivity index (χ4n) is 4.95. The van der Waals surface area contributed by atoms with E-state index >= 15 is 0 Å². The maximum atomic E-state index is 14.1. The zero-order valence-electron chi connectivity index (χ0n) is 20.2. The van der Waals surface area contributed by atoms with Crippen molar-refractivity contribution >= 4 is 29.1 Å². The fourth-order valence-corrected chi connectivity index (χ4v) is 5.81. The molecule has 9 heteroatoms. The van der Waals surface area contributed by atoms with Gasteiger partial charge >= 0.3 is 11.9 Å². The molecule has 8 nitrogen and oxygen atoms in total. The highest BCUT2D eigenvalue weighted by molar-refractivity contribution is 7.10. The molecule has 1 aliphatic heterocycles. The van der Waals surface area contributed by atoms with E-state index in [0.29, 0.717) is 46.0 Å². The first-order valence-electron chi connectivity index (χ1n) is 11.0. The Morgan fingerprint density at radius 3 is 2.37 bits per heavy atom. The molecule has 0 radical (unpaired) electrons. The first-order chi connectivity index (χ1) is 16.9. The second-order valence-corrected chi connectivity index (χ2v) is 9.27.